The summed E-state index contributed by atoms with van der Waals surface area (Å²) in [5.41, 5.74) is 8.84. The molecule has 0 fully saturated rings. The van der Waals surface area contributed by atoms with Gasteiger partial charge in [-0.1, -0.05) is 12.1 Å². The van der Waals surface area contributed by atoms with Gasteiger partial charge in [-0.15, -0.1) is 0 Å². The first-order valence-electron chi connectivity index (χ1n) is 5.25. The molecule has 7 heteroatoms. The summed E-state index contributed by atoms with van der Waals surface area (Å²) in [6.45, 7) is 0. The minimum atomic E-state index is -4.57. The Morgan fingerprint density at radius 2 is 1.74 bits per heavy atom. The molecule has 0 saturated heterocycles. The van der Waals surface area contributed by atoms with Crippen molar-refractivity contribution in [1.82, 2.24) is 4.57 Å². The zero-order valence-corrected chi connectivity index (χ0v) is 9.61. The number of benzene rings is 1. The SMILES string of the molecule is Nc1cc(N)c(=O)n(-c2ccccc2C(F)(F)F)c1. The largest absolute Gasteiger partial charge is 0.418 e. The van der Waals surface area contributed by atoms with Crippen molar-refractivity contribution in [3.63, 3.8) is 0 Å². The number of halogens is 3. The molecule has 4 nitrogen and oxygen atoms in total. The summed E-state index contributed by atoms with van der Waals surface area (Å²) in [5, 5.41) is 0. The zero-order valence-electron chi connectivity index (χ0n) is 9.61. The van der Waals surface area contributed by atoms with Crippen LogP contribution >= 0.6 is 0 Å². The lowest BCUT2D eigenvalue weighted by Crippen LogP contribution is -2.24. The number of nitrogens with two attached hydrogens (primary N) is 2. The number of anilines is 2. The Bertz CT molecular complexity index is 677. The molecule has 0 unspecified atom stereocenters. The Kier molecular flexibility index (Phi) is 2.97. The van der Waals surface area contributed by atoms with Crippen molar-refractivity contribution in [3.8, 4) is 5.69 Å². The average molecular weight is 269 g/mol. The van der Waals surface area contributed by atoms with Crippen molar-refractivity contribution in [1.29, 1.82) is 0 Å². The number of pyridine rings is 1. The molecule has 4 N–H and O–H groups in total. The molecule has 1 aromatic heterocycles. The summed E-state index contributed by atoms with van der Waals surface area (Å²) >= 11 is 0. The molecular weight excluding hydrogens is 259 g/mol. The first-order valence-corrected chi connectivity index (χ1v) is 5.25. The van der Waals surface area contributed by atoms with Crippen LogP contribution in [0, 0.1) is 0 Å². The second kappa shape index (κ2) is 4.34. The molecule has 100 valence electrons. The summed E-state index contributed by atoms with van der Waals surface area (Å²) in [7, 11) is 0. The Hall–Kier alpha value is -2.44. The fourth-order valence-corrected chi connectivity index (χ4v) is 1.73. The number of nitrogens with zero attached hydrogens (tertiary/aromatic N) is 1. The highest BCUT2D eigenvalue weighted by atomic mass is 19.4. The molecule has 0 amide bonds. The number of alkyl halides is 3. The Labute approximate surface area is 106 Å². The van der Waals surface area contributed by atoms with Crippen LogP contribution in [0.15, 0.2) is 41.3 Å². The summed E-state index contributed by atoms with van der Waals surface area (Å²) in [6.07, 6.45) is -3.46. The maximum atomic E-state index is 12.9. The van der Waals surface area contributed by atoms with Crippen molar-refractivity contribution >= 4 is 11.4 Å². The van der Waals surface area contributed by atoms with Crippen molar-refractivity contribution < 1.29 is 13.2 Å². The van der Waals surface area contributed by atoms with Crippen LogP contribution < -0.4 is 17.0 Å². The van der Waals surface area contributed by atoms with Gasteiger partial charge in [-0.3, -0.25) is 9.36 Å². The molecule has 0 spiro atoms. The van der Waals surface area contributed by atoms with Crippen molar-refractivity contribution in [2.24, 2.45) is 0 Å². The van der Waals surface area contributed by atoms with E-state index in [0.717, 1.165) is 16.8 Å². The number of hydrogen-bond donors (Lipinski definition) is 2. The number of hydrogen-bond acceptors (Lipinski definition) is 3. The Morgan fingerprint density at radius 3 is 2.37 bits per heavy atom. The van der Waals surface area contributed by atoms with Crippen molar-refractivity contribution in [2.45, 2.75) is 6.18 Å². The summed E-state index contributed by atoms with van der Waals surface area (Å²) in [6, 6.07) is 5.92. The number of para-hydroxylation sites is 1. The van der Waals surface area contributed by atoms with Gasteiger partial charge in [0.2, 0.25) is 0 Å². The van der Waals surface area contributed by atoms with E-state index in [2.05, 4.69) is 0 Å². The van der Waals surface area contributed by atoms with Gasteiger partial charge in [-0.05, 0) is 18.2 Å². The van der Waals surface area contributed by atoms with E-state index in [1.165, 1.54) is 24.3 Å². The lowest BCUT2D eigenvalue weighted by molar-refractivity contribution is -0.137. The summed E-state index contributed by atoms with van der Waals surface area (Å²) in [4.78, 5) is 11.8. The molecule has 0 atom stereocenters. The number of aromatic nitrogens is 1. The molecule has 1 aromatic carbocycles. The van der Waals surface area contributed by atoms with Crippen LogP contribution in [0.2, 0.25) is 0 Å². The van der Waals surface area contributed by atoms with Crippen LogP contribution in [0.3, 0.4) is 0 Å². The Morgan fingerprint density at radius 1 is 1.11 bits per heavy atom. The molecule has 0 saturated carbocycles. The third-order valence-electron chi connectivity index (χ3n) is 2.54. The Balaban J connectivity index is 2.77. The highest BCUT2D eigenvalue weighted by Gasteiger charge is 2.33. The van der Waals surface area contributed by atoms with E-state index >= 15 is 0 Å². The molecule has 2 aromatic rings. The van der Waals surface area contributed by atoms with Gasteiger partial charge in [0.15, 0.2) is 0 Å². The van der Waals surface area contributed by atoms with E-state index in [4.69, 9.17) is 11.5 Å². The predicted octanol–water partition coefficient (Wildman–Crippen LogP) is 2.02. The van der Waals surface area contributed by atoms with E-state index in [0.29, 0.717) is 0 Å². The molecule has 0 aliphatic rings. The first kappa shape index (κ1) is 13.0. The van der Waals surface area contributed by atoms with Crippen LogP contribution in [0.25, 0.3) is 5.69 Å². The second-order valence-corrected chi connectivity index (χ2v) is 3.92. The normalized spacial score (nSPS) is 11.5. The number of rotatable bonds is 1. The molecule has 19 heavy (non-hydrogen) atoms. The van der Waals surface area contributed by atoms with Crippen LogP contribution in [0.1, 0.15) is 5.56 Å². The average Bonchev–Trinajstić information content (AvgIpc) is 2.33. The van der Waals surface area contributed by atoms with Crippen LogP contribution in [-0.4, -0.2) is 4.57 Å². The fourth-order valence-electron chi connectivity index (χ4n) is 1.73. The van der Waals surface area contributed by atoms with Crippen molar-refractivity contribution in [2.75, 3.05) is 11.5 Å². The van der Waals surface area contributed by atoms with Crippen molar-refractivity contribution in [3.05, 3.63) is 52.4 Å². The highest BCUT2D eigenvalue weighted by Crippen LogP contribution is 2.33. The van der Waals surface area contributed by atoms with Gasteiger partial charge in [-0.2, -0.15) is 13.2 Å². The third kappa shape index (κ3) is 2.40. The van der Waals surface area contributed by atoms with E-state index in [-0.39, 0.29) is 17.1 Å². The molecule has 0 aliphatic heterocycles. The smallest absolute Gasteiger partial charge is 0.397 e. The third-order valence-corrected chi connectivity index (χ3v) is 2.54. The standard InChI is InChI=1S/C12H10F3N3O/c13-12(14,15)8-3-1-2-4-10(8)18-6-7(16)5-9(17)11(18)19/h1-6H,16-17H2. The maximum absolute atomic E-state index is 12.9. The molecule has 0 bridgehead atoms. The minimum Gasteiger partial charge on any atom is -0.397 e. The van der Waals surface area contributed by atoms with Crippen LogP contribution in [0.4, 0.5) is 24.5 Å². The zero-order chi connectivity index (χ0) is 14.2. The summed E-state index contributed by atoms with van der Waals surface area (Å²) in [5.74, 6) is 0. The fraction of sp³-hybridized carbons (Fsp3) is 0.0833. The highest BCUT2D eigenvalue weighted by molar-refractivity contribution is 5.53. The summed E-state index contributed by atoms with van der Waals surface area (Å²) < 4.78 is 39.5. The second-order valence-electron chi connectivity index (χ2n) is 3.92. The molecule has 0 aliphatic carbocycles. The van der Waals surface area contributed by atoms with Crippen LogP contribution in [0.5, 0.6) is 0 Å². The van der Waals surface area contributed by atoms with E-state index < -0.39 is 17.3 Å². The van der Waals surface area contributed by atoms with E-state index in [9.17, 15) is 18.0 Å². The van der Waals surface area contributed by atoms with Gasteiger partial charge < -0.3 is 11.5 Å². The topological polar surface area (TPSA) is 74.0 Å². The van der Waals surface area contributed by atoms with Gasteiger partial charge in [-0.25, -0.2) is 0 Å². The molecular formula is C12H10F3N3O. The quantitative estimate of drug-likeness (QED) is 0.831. The maximum Gasteiger partial charge on any atom is 0.418 e. The molecule has 0 radical (unpaired) electrons. The van der Waals surface area contributed by atoms with E-state index in [1.807, 2.05) is 0 Å². The first-order chi connectivity index (χ1) is 8.80. The number of nitrogen functional groups attached to an aromatic ring is 2. The van der Waals surface area contributed by atoms with E-state index in [1.54, 1.807) is 0 Å². The molecule has 2 rings (SSSR count). The van der Waals surface area contributed by atoms with Gasteiger partial charge in [0, 0.05) is 6.20 Å². The monoisotopic (exact) mass is 269 g/mol. The van der Waals surface area contributed by atoms with Crippen LogP contribution in [-0.2, 0) is 6.18 Å². The minimum absolute atomic E-state index is 0.106. The predicted molar refractivity (Wildman–Crippen MR) is 65.9 cm³/mol. The lowest BCUT2D eigenvalue weighted by atomic mass is 10.1. The molecule has 1 heterocycles. The van der Waals surface area contributed by atoms with Gasteiger partial charge in [0.05, 0.1) is 16.9 Å². The van der Waals surface area contributed by atoms with Gasteiger partial charge >= 0.3 is 6.18 Å². The van der Waals surface area contributed by atoms with Gasteiger partial charge in [0.1, 0.15) is 5.69 Å². The lowest BCUT2D eigenvalue weighted by Gasteiger charge is -2.15. The van der Waals surface area contributed by atoms with Gasteiger partial charge in [0.25, 0.3) is 5.56 Å².